The lowest BCUT2D eigenvalue weighted by Gasteiger charge is -2.35. The fourth-order valence-corrected chi connectivity index (χ4v) is 5.99. The number of carbonyl (C=O) groups is 1. The Morgan fingerprint density at radius 2 is 1.97 bits per heavy atom. The summed E-state index contributed by atoms with van der Waals surface area (Å²) < 4.78 is 0. The van der Waals surface area contributed by atoms with Crippen molar-refractivity contribution in [3.05, 3.63) is 50.9 Å². The zero-order valence-corrected chi connectivity index (χ0v) is 21.2. The van der Waals surface area contributed by atoms with E-state index in [1.54, 1.807) is 11.3 Å². The minimum absolute atomic E-state index is 0.00525. The molecule has 172 valence electrons. The van der Waals surface area contributed by atoms with Gasteiger partial charge in [-0.25, -0.2) is 0 Å². The van der Waals surface area contributed by atoms with Crippen LogP contribution in [-0.2, 0) is 24.2 Å². The van der Waals surface area contributed by atoms with Gasteiger partial charge in [0.15, 0.2) is 0 Å². The molecule has 0 saturated heterocycles. The maximum atomic E-state index is 12.6. The summed E-state index contributed by atoms with van der Waals surface area (Å²) >= 11 is 7.68. The fourth-order valence-electron chi connectivity index (χ4n) is 4.60. The van der Waals surface area contributed by atoms with Crippen molar-refractivity contribution in [2.45, 2.75) is 72.4 Å². The first-order valence-electron chi connectivity index (χ1n) is 11.7. The molecule has 1 N–H and O–H groups in total. The van der Waals surface area contributed by atoms with Gasteiger partial charge in [0, 0.05) is 34.9 Å². The van der Waals surface area contributed by atoms with Gasteiger partial charge in [-0.05, 0) is 61.3 Å². The summed E-state index contributed by atoms with van der Waals surface area (Å²) in [6.45, 7) is 10.5. The number of rotatable bonds is 9. The third kappa shape index (κ3) is 5.92. The summed E-state index contributed by atoms with van der Waals surface area (Å²) in [5.74, 6) is 0.594. The van der Waals surface area contributed by atoms with E-state index in [0.29, 0.717) is 17.5 Å². The first-order valence-corrected chi connectivity index (χ1v) is 12.9. The van der Waals surface area contributed by atoms with Crippen LogP contribution in [0.25, 0.3) is 0 Å². The van der Waals surface area contributed by atoms with Gasteiger partial charge in [0.2, 0.25) is 5.91 Å². The van der Waals surface area contributed by atoms with Crippen LogP contribution in [0.2, 0.25) is 5.02 Å². The Labute approximate surface area is 201 Å². The Bertz CT molecular complexity index is 957. The summed E-state index contributed by atoms with van der Waals surface area (Å²) in [4.78, 5) is 16.5. The van der Waals surface area contributed by atoms with Crippen molar-refractivity contribution in [3.63, 3.8) is 0 Å². The smallest absolute Gasteiger partial charge is 0.228 e. The van der Waals surface area contributed by atoms with Crippen LogP contribution in [0.15, 0.2) is 24.3 Å². The topological polar surface area (TPSA) is 56.1 Å². The molecule has 2 aromatic rings. The number of nitrogens with zero attached hydrogens (tertiary/aromatic N) is 2. The van der Waals surface area contributed by atoms with Gasteiger partial charge in [0.25, 0.3) is 0 Å². The van der Waals surface area contributed by atoms with Gasteiger partial charge >= 0.3 is 0 Å². The predicted molar refractivity (Wildman–Crippen MR) is 134 cm³/mol. The number of amides is 1. The number of nitriles is 1. The second-order valence-corrected chi connectivity index (χ2v) is 10.7. The van der Waals surface area contributed by atoms with Crippen LogP contribution in [0.4, 0.5) is 5.00 Å². The lowest BCUT2D eigenvalue weighted by atomic mass is 9.90. The van der Waals surface area contributed by atoms with E-state index in [1.807, 2.05) is 26.0 Å². The van der Waals surface area contributed by atoms with Gasteiger partial charge in [-0.2, -0.15) is 5.26 Å². The molecule has 0 saturated carbocycles. The molecule has 1 aliphatic rings. The molecule has 0 spiro atoms. The second-order valence-electron chi connectivity index (χ2n) is 9.17. The molecular formula is C26H34ClN3OS. The molecule has 1 heterocycles. The van der Waals surface area contributed by atoms with Gasteiger partial charge in [-0.3, -0.25) is 9.69 Å². The molecule has 0 aliphatic heterocycles. The number of thiophene rings is 1. The van der Waals surface area contributed by atoms with Gasteiger partial charge < -0.3 is 5.32 Å². The summed E-state index contributed by atoms with van der Waals surface area (Å²) in [5, 5.41) is 14.4. The average Bonchev–Trinajstić information content (AvgIpc) is 3.11. The highest BCUT2D eigenvalue weighted by Crippen LogP contribution is 2.39. The number of halogens is 1. The molecule has 6 heteroatoms. The van der Waals surface area contributed by atoms with Crippen molar-refractivity contribution >= 4 is 33.8 Å². The molecule has 0 radical (unpaired) electrons. The zero-order chi connectivity index (χ0) is 23.3. The van der Waals surface area contributed by atoms with Crippen LogP contribution in [0.1, 0.15) is 68.5 Å². The Kier molecular flexibility index (Phi) is 8.76. The van der Waals surface area contributed by atoms with Crippen LogP contribution in [-0.4, -0.2) is 23.4 Å². The van der Waals surface area contributed by atoms with E-state index in [0.717, 1.165) is 60.8 Å². The lowest BCUT2D eigenvalue weighted by Crippen LogP contribution is -2.40. The largest absolute Gasteiger partial charge is 0.316 e. The first-order chi connectivity index (χ1) is 15.4. The highest BCUT2D eigenvalue weighted by atomic mass is 35.5. The Hall–Kier alpha value is -1.87. The second kappa shape index (κ2) is 11.3. The molecule has 1 aliphatic carbocycles. The van der Waals surface area contributed by atoms with Gasteiger partial charge in [0.1, 0.15) is 11.1 Å². The van der Waals surface area contributed by atoms with Crippen LogP contribution < -0.4 is 5.32 Å². The van der Waals surface area contributed by atoms with Crippen LogP contribution in [0, 0.1) is 23.2 Å². The van der Waals surface area contributed by atoms with Crippen LogP contribution in [0.5, 0.6) is 0 Å². The SMILES string of the molecule is CCC(CC)C(=O)Nc1sc2c(c1C#N)CCC(N(Cc1ccc(Cl)cc1)CC(C)C)C2. The molecular weight excluding hydrogens is 438 g/mol. The van der Waals surface area contributed by atoms with E-state index < -0.39 is 0 Å². The molecule has 0 fully saturated rings. The number of hydrogen-bond donors (Lipinski definition) is 1. The third-order valence-electron chi connectivity index (χ3n) is 6.36. The number of benzene rings is 1. The van der Waals surface area contributed by atoms with Crippen molar-refractivity contribution < 1.29 is 4.79 Å². The number of carbonyl (C=O) groups excluding carboxylic acids is 1. The van der Waals surface area contributed by atoms with E-state index in [1.165, 1.54) is 10.4 Å². The van der Waals surface area contributed by atoms with Crippen molar-refractivity contribution in [2.75, 3.05) is 11.9 Å². The molecule has 0 bridgehead atoms. The number of fused-ring (bicyclic) bond motifs is 1. The molecule has 1 amide bonds. The van der Waals surface area contributed by atoms with E-state index in [9.17, 15) is 10.1 Å². The maximum Gasteiger partial charge on any atom is 0.228 e. The van der Waals surface area contributed by atoms with Crippen molar-refractivity contribution in [3.8, 4) is 6.07 Å². The summed E-state index contributed by atoms with van der Waals surface area (Å²) in [6.07, 6.45) is 4.46. The number of anilines is 1. The predicted octanol–water partition coefficient (Wildman–Crippen LogP) is 6.66. The molecule has 32 heavy (non-hydrogen) atoms. The molecule has 1 unspecified atom stereocenters. The maximum absolute atomic E-state index is 12.6. The molecule has 1 aromatic carbocycles. The van der Waals surface area contributed by atoms with Crippen LogP contribution >= 0.6 is 22.9 Å². The normalized spacial score (nSPS) is 15.8. The minimum atomic E-state index is -0.00525. The third-order valence-corrected chi connectivity index (χ3v) is 7.78. The van der Waals surface area contributed by atoms with Crippen molar-refractivity contribution in [1.82, 2.24) is 4.90 Å². The highest BCUT2D eigenvalue weighted by Gasteiger charge is 2.30. The molecule has 3 rings (SSSR count). The zero-order valence-electron chi connectivity index (χ0n) is 19.6. The van der Waals surface area contributed by atoms with Gasteiger partial charge in [0.05, 0.1) is 5.56 Å². The monoisotopic (exact) mass is 471 g/mol. The lowest BCUT2D eigenvalue weighted by molar-refractivity contribution is -0.120. The standard InChI is InChI=1S/C26H34ClN3OS/c1-5-19(6-2)25(31)29-26-23(14-28)22-12-11-21(13-24(22)32-26)30(15-17(3)4)16-18-7-9-20(27)10-8-18/h7-10,17,19,21H,5-6,11-13,15-16H2,1-4H3,(H,29,31). The quantitative estimate of drug-likeness (QED) is 0.444. The highest BCUT2D eigenvalue weighted by molar-refractivity contribution is 7.16. The fraction of sp³-hybridized carbons (Fsp3) is 0.538. The summed E-state index contributed by atoms with van der Waals surface area (Å²) in [6, 6.07) is 10.9. The van der Waals surface area contributed by atoms with E-state index in [4.69, 9.17) is 11.6 Å². The van der Waals surface area contributed by atoms with Crippen molar-refractivity contribution in [1.29, 1.82) is 5.26 Å². The Morgan fingerprint density at radius 1 is 1.28 bits per heavy atom. The molecule has 1 atom stereocenters. The Morgan fingerprint density at radius 3 is 2.56 bits per heavy atom. The summed E-state index contributed by atoms with van der Waals surface area (Å²) in [5.41, 5.74) is 3.09. The minimum Gasteiger partial charge on any atom is -0.316 e. The van der Waals surface area contributed by atoms with E-state index >= 15 is 0 Å². The molecule has 1 aromatic heterocycles. The van der Waals surface area contributed by atoms with Gasteiger partial charge in [-0.15, -0.1) is 11.3 Å². The van der Waals surface area contributed by atoms with Crippen molar-refractivity contribution in [2.24, 2.45) is 11.8 Å². The van der Waals surface area contributed by atoms with Gasteiger partial charge in [-0.1, -0.05) is 51.4 Å². The van der Waals surface area contributed by atoms with E-state index in [2.05, 4.69) is 42.3 Å². The molecule has 4 nitrogen and oxygen atoms in total. The Balaban J connectivity index is 1.80. The number of nitrogens with one attached hydrogen (secondary N) is 1. The van der Waals surface area contributed by atoms with Crippen LogP contribution in [0.3, 0.4) is 0 Å². The first kappa shape index (κ1) is 24.8. The average molecular weight is 472 g/mol. The van der Waals surface area contributed by atoms with E-state index in [-0.39, 0.29) is 11.8 Å². The summed E-state index contributed by atoms with van der Waals surface area (Å²) in [7, 11) is 0. The number of hydrogen-bond acceptors (Lipinski definition) is 4.